The summed E-state index contributed by atoms with van der Waals surface area (Å²) in [5.41, 5.74) is -0.779. The smallest absolute Gasteiger partial charge is 0.312 e. The third kappa shape index (κ3) is 2.80. The zero-order valence-corrected chi connectivity index (χ0v) is 13.5. The average molecular weight is 335 g/mol. The number of carboxylic acid groups (broad SMARTS) is 1. The van der Waals surface area contributed by atoms with Crippen LogP contribution in [-0.4, -0.2) is 59.9 Å². The predicted octanol–water partition coefficient (Wildman–Crippen LogP) is -0.145. The van der Waals surface area contributed by atoms with Crippen LogP contribution in [0.1, 0.15) is 31.9 Å². The number of nitrogens with one attached hydrogen (secondary N) is 1. The Morgan fingerprint density at radius 2 is 2.33 bits per heavy atom. The van der Waals surface area contributed by atoms with Crippen molar-refractivity contribution in [1.29, 1.82) is 0 Å². The summed E-state index contributed by atoms with van der Waals surface area (Å²) in [5, 5.41) is 22.7. The molecule has 3 rings (SSSR count). The van der Waals surface area contributed by atoms with Gasteiger partial charge in [-0.1, -0.05) is 13.3 Å². The monoisotopic (exact) mass is 335 g/mol. The van der Waals surface area contributed by atoms with E-state index in [1.165, 1.54) is 16.9 Å². The highest BCUT2D eigenvalue weighted by Crippen LogP contribution is 2.37. The second-order valence-corrected chi connectivity index (χ2v) is 6.32. The van der Waals surface area contributed by atoms with Crippen molar-refractivity contribution in [2.45, 2.75) is 38.8 Å². The average Bonchev–Trinajstić information content (AvgIpc) is 2.99. The molecule has 0 unspecified atom stereocenters. The number of rotatable bonds is 5. The second kappa shape index (κ2) is 6.33. The zero-order chi connectivity index (χ0) is 17.3. The topological polar surface area (TPSA) is 124 Å². The van der Waals surface area contributed by atoms with Crippen molar-refractivity contribution in [3.8, 4) is 0 Å². The molecule has 0 radical (unpaired) electrons. The van der Waals surface area contributed by atoms with E-state index in [0.717, 1.165) is 0 Å². The van der Waals surface area contributed by atoms with E-state index in [-0.39, 0.29) is 12.1 Å². The number of aromatic nitrogens is 4. The van der Waals surface area contributed by atoms with Crippen LogP contribution < -0.4 is 5.56 Å². The van der Waals surface area contributed by atoms with E-state index in [1.54, 1.807) is 0 Å². The first-order valence-electron chi connectivity index (χ1n) is 8.02. The maximum absolute atomic E-state index is 12.0. The third-order valence-corrected chi connectivity index (χ3v) is 4.77. The minimum atomic E-state index is -1.08. The quantitative estimate of drug-likeness (QED) is 0.694. The molecule has 0 aromatic carbocycles. The van der Waals surface area contributed by atoms with Gasteiger partial charge in [0.15, 0.2) is 0 Å². The number of piperidine rings is 1. The SMILES string of the molecule is CCC[C@]1(C(=O)O)CCN(Cc2cc(=O)n3[nH]cnc3n2)C[C@@H]1O. The van der Waals surface area contributed by atoms with Gasteiger partial charge in [-0.25, -0.2) is 9.97 Å². The number of aliphatic hydroxyl groups excluding tert-OH is 1. The number of β-amino-alcohol motifs (C(OH)–C–C–N with tert-alkyl or cyclic N) is 1. The summed E-state index contributed by atoms with van der Waals surface area (Å²) in [6, 6.07) is 1.42. The molecule has 9 nitrogen and oxygen atoms in total. The molecule has 24 heavy (non-hydrogen) atoms. The molecule has 2 atom stereocenters. The van der Waals surface area contributed by atoms with Gasteiger partial charge in [0, 0.05) is 19.2 Å². The van der Waals surface area contributed by atoms with Crippen molar-refractivity contribution in [1.82, 2.24) is 24.5 Å². The maximum atomic E-state index is 12.0. The second-order valence-electron chi connectivity index (χ2n) is 6.32. The molecule has 2 aromatic heterocycles. The summed E-state index contributed by atoms with van der Waals surface area (Å²) in [4.78, 5) is 33.8. The number of carbonyl (C=O) groups is 1. The molecule has 0 saturated carbocycles. The number of hydrogen-bond donors (Lipinski definition) is 3. The Kier molecular flexibility index (Phi) is 4.37. The lowest BCUT2D eigenvalue weighted by Gasteiger charge is -2.42. The Bertz CT molecular complexity index is 801. The molecule has 9 heteroatoms. The molecule has 3 heterocycles. The van der Waals surface area contributed by atoms with E-state index >= 15 is 0 Å². The lowest BCUT2D eigenvalue weighted by molar-refractivity contribution is -0.164. The molecule has 0 spiro atoms. The molecule has 1 aliphatic heterocycles. The van der Waals surface area contributed by atoms with Crippen molar-refractivity contribution in [3.63, 3.8) is 0 Å². The highest BCUT2D eigenvalue weighted by Gasteiger charge is 2.47. The molecular formula is C15H21N5O4. The van der Waals surface area contributed by atoms with Gasteiger partial charge in [-0.05, 0) is 19.4 Å². The van der Waals surface area contributed by atoms with Crippen LogP contribution in [-0.2, 0) is 11.3 Å². The number of carboxylic acids is 1. The maximum Gasteiger partial charge on any atom is 0.312 e. The minimum absolute atomic E-state index is 0.244. The fourth-order valence-electron chi connectivity index (χ4n) is 3.45. The Morgan fingerprint density at radius 1 is 1.54 bits per heavy atom. The highest BCUT2D eigenvalue weighted by molar-refractivity contribution is 5.75. The molecule has 1 saturated heterocycles. The first-order chi connectivity index (χ1) is 11.5. The van der Waals surface area contributed by atoms with Crippen molar-refractivity contribution < 1.29 is 15.0 Å². The Labute approximate surface area is 137 Å². The molecule has 130 valence electrons. The number of hydrogen-bond acceptors (Lipinski definition) is 6. The Morgan fingerprint density at radius 3 is 3.00 bits per heavy atom. The van der Waals surface area contributed by atoms with Crippen LogP contribution in [0.15, 0.2) is 17.2 Å². The van der Waals surface area contributed by atoms with Crippen LogP contribution in [0, 0.1) is 5.41 Å². The summed E-state index contributed by atoms with van der Waals surface area (Å²) in [6.45, 7) is 3.07. The summed E-state index contributed by atoms with van der Waals surface area (Å²) in [5.74, 6) is -0.647. The van der Waals surface area contributed by atoms with Crippen molar-refractivity contribution in [2.24, 2.45) is 5.41 Å². The molecule has 1 fully saturated rings. The van der Waals surface area contributed by atoms with Gasteiger partial charge in [-0.15, -0.1) is 0 Å². The molecule has 1 aliphatic rings. The van der Waals surface area contributed by atoms with Crippen LogP contribution in [0.4, 0.5) is 0 Å². The van der Waals surface area contributed by atoms with E-state index in [9.17, 15) is 19.8 Å². The van der Waals surface area contributed by atoms with Crippen LogP contribution in [0.2, 0.25) is 0 Å². The molecule has 0 aliphatic carbocycles. The van der Waals surface area contributed by atoms with Crippen molar-refractivity contribution >= 4 is 11.7 Å². The zero-order valence-electron chi connectivity index (χ0n) is 13.5. The van der Waals surface area contributed by atoms with Gasteiger partial charge in [0.25, 0.3) is 11.3 Å². The summed E-state index contributed by atoms with van der Waals surface area (Å²) >= 11 is 0. The summed E-state index contributed by atoms with van der Waals surface area (Å²) < 4.78 is 1.24. The number of H-pyrrole nitrogens is 1. The number of fused-ring (bicyclic) bond motifs is 1. The van der Waals surface area contributed by atoms with E-state index in [1.807, 2.05) is 11.8 Å². The lowest BCUT2D eigenvalue weighted by atomic mass is 9.73. The highest BCUT2D eigenvalue weighted by atomic mass is 16.4. The van der Waals surface area contributed by atoms with Crippen LogP contribution >= 0.6 is 0 Å². The Balaban J connectivity index is 1.75. The molecule has 3 N–H and O–H groups in total. The number of likely N-dealkylation sites (tertiary alicyclic amines) is 1. The minimum Gasteiger partial charge on any atom is -0.481 e. The van der Waals surface area contributed by atoms with Gasteiger partial charge in [0.05, 0.1) is 17.2 Å². The van der Waals surface area contributed by atoms with Gasteiger partial charge >= 0.3 is 5.97 Å². The fraction of sp³-hybridized carbons (Fsp3) is 0.600. The number of nitrogens with zero attached hydrogens (tertiary/aromatic N) is 4. The number of aliphatic hydroxyl groups is 1. The third-order valence-electron chi connectivity index (χ3n) is 4.77. The predicted molar refractivity (Wildman–Crippen MR) is 84.5 cm³/mol. The van der Waals surface area contributed by atoms with E-state index in [2.05, 4.69) is 15.1 Å². The van der Waals surface area contributed by atoms with Crippen LogP contribution in [0.25, 0.3) is 5.78 Å². The molecule has 2 aromatic rings. The molecule has 0 amide bonds. The largest absolute Gasteiger partial charge is 0.481 e. The standard InChI is InChI=1S/C15H21N5O4/c1-2-3-15(13(23)24)4-5-19(8-11(15)21)7-10-6-12(22)20-14(18-10)16-9-17-20/h6,9,11,21H,2-5,7-8H2,1H3,(H,23,24)(H,16,17,18)/t11-,15-/m0/s1. The van der Waals surface area contributed by atoms with Crippen LogP contribution in [0.3, 0.4) is 0 Å². The van der Waals surface area contributed by atoms with Crippen molar-refractivity contribution in [3.05, 3.63) is 28.4 Å². The summed E-state index contributed by atoms with van der Waals surface area (Å²) in [6.07, 6.45) is 1.98. The van der Waals surface area contributed by atoms with Crippen LogP contribution in [0.5, 0.6) is 0 Å². The number of aromatic amines is 1. The molecular weight excluding hydrogens is 314 g/mol. The first-order valence-corrected chi connectivity index (χ1v) is 8.02. The van der Waals surface area contributed by atoms with E-state index < -0.39 is 17.5 Å². The first kappa shape index (κ1) is 16.6. The number of aliphatic carboxylic acids is 1. The van der Waals surface area contributed by atoms with Gasteiger partial charge in [-0.3, -0.25) is 19.6 Å². The van der Waals surface area contributed by atoms with E-state index in [4.69, 9.17) is 0 Å². The normalized spacial score (nSPS) is 25.2. The lowest BCUT2D eigenvalue weighted by Crippen LogP contribution is -2.54. The van der Waals surface area contributed by atoms with E-state index in [0.29, 0.717) is 43.8 Å². The van der Waals surface area contributed by atoms with Gasteiger partial charge < -0.3 is 10.2 Å². The Hall–Kier alpha value is -2.26. The van der Waals surface area contributed by atoms with Gasteiger partial charge in [0.1, 0.15) is 6.33 Å². The fourth-order valence-corrected chi connectivity index (χ4v) is 3.45. The van der Waals surface area contributed by atoms with Gasteiger partial charge in [0.2, 0.25) is 0 Å². The molecule has 0 bridgehead atoms. The van der Waals surface area contributed by atoms with Gasteiger partial charge in [-0.2, -0.15) is 4.52 Å². The summed E-state index contributed by atoms with van der Waals surface area (Å²) in [7, 11) is 0. The van der Waals surface area contributed by atoms with Crippen molar-refractivity contribution in [2.75, 3.05) is 13.1 Å².